The van der Waals surface area contributed by atoms with E-state index < -0.39 is 0 Å². The van der Waals surface area contributed by atoms with Gasteiger partial charge in [-0.05, 0) is 43.5 Å². The topological polar surface area (TPSA) is 46.6 Å². The molecule has 0 aliphatic rings. The van der Waals surface area contributed by atoms with Gasteiger partial charge in [-0.3, -0.25) is 0 Å². The van der Waals surface area contributed by atoms with Crippen molar-refractivity contribution in [1.82, 2.24) is 0 Å². The summed E-state index contributed by atoms with van der Waals surface area (Å²) in [5.74, 6) is 1.70. The molecule has 0 saturated carbocycles. The highest BCUT2D eigenvalue weighted by Gasteiger charge is 2.16. The van der Waals surface area contributed by atoms with Gasteiger partial charge in [0.1, 0.15) is 11.5 Å². The molecule has 0 unspecified atom stereocenters. The summed E-state index contributed by atoms with van der Waals surface area (Å²) in [4.78, 5) is 5.22. The molecule has 0 saturated heterocycles. The SMILES string of the molecule is CCCCOc1cc(C)cc(OCCCC)c1Sc1cccc([N+]#N)c1. The molecular weight excluding hydrogens is 344 g/mol. The number of nitrogens with zero attached hydrogens (tertiary/aromatic N) is 2. The Morgan fingerprint density at radius 3 is 2.12 bits per heavy atom. The fourth-order valence-electron chi connectivity index (χ4n) is 2.40. The van der Waals surface area contributed by atoms with Gasteiger partial charge in [-0.15, -0.1) is 0 Å². The lowest BCUT2D eigenvalue weighted by Gasteiger charge is -2.17. The molecule has 0 aromatic heterocycles. The van der Waals surface area contributed by atoms with Gasteiger partial charge in [0.2, 0.25) is 5.39 Å². The van der Waals surface area contributed by atoms with Crippen molar-refractivity contribution in [1.29, 1.82) is 5.39 Å². The first-order chi connectivity index (χ1) is 12.7. The van der Waals surface area contributed by atoms with Crippen molar-refractivity contribution in [3.8, 4) is 11.5 Å². The molecule has 0 bridgehead atoms. The molecule has 0 fully saturated rings. The maximum atomic E-state index is 9.03. The predicted octanol–water partition coefficient (Wildman–Crippen LogP) is 6.99. The van der Waals surface area contributed by atoms with E-state index >= 15 is 0 Å². The molecule has 0 aliphatic heterocycles. The second kappa shape index (κ2) is 10.7. The smallest absolute Gasteiger partial charge is 0.386 e. The number of benzene rings is 2. The number of rotatable bonds is 10. The number of hydrogen-bond acceptors (Lipinski definition) is 4. The maximum Gasteiger partial charge on any atom is 0.386 e. The Balaban J connectivity index is 2.34. The van der Waals surface area contributed by atoms with Crippen LogP contribution in [-0.4, -0.2) is 13.2 Å². The first-order valence-corrected chi connectivity index (χ1v) is 10.0. The number of hydrogen-bond donors (Lipinski definition) is 0. The van der Waals surface area contributed by atoms with Crippen LogP contribution >= 0.6 is 11.8 Å². The molecule has 4 nitrogen and oxygen atoms in total. The van der Waals surface area contributed by atoms with Crippen LogP contribution in [0.2, 0.25) is 0 Å². The predicted molar refractivity (Wildman–Crippen MR) is 107 cm³/mol. The van der Waals surface area contributed by atoms with Gasteiger partial charge in [0.15, 0.2) is 4.98 Å². The van der Waals surface area contributed by atoms with Crippen LogP contribution in [0.4, 0.5) is 5.69 Å². The van der Waals surface area contributed by atoms with Crippen molar-refractivity contribution >= 4 is 17.4 Å². The average Bonchev–Trinajstić information content (AvgIpc) is 2.64. The van der Waals surface area contributed by atoms with E-state index in [1.54, 1.807) is 17.8 Å². The van der Waals surface area contributed by atoms with Crippen LogP contribution in [0.5, 0.6) is 11.5 Å². The van der Waals surface area contributed by atoms with E-state index in [0.29, 0.717) is 18.9 Å². The summed E-state index contributed by atoms with van der Waals surface area (Å²) in [6.45, 7) is 7.73. The van der Waals surface area contributed by atoms with Crippen LogP contribution in [0.3, 0.4) is 0 Å². The summed E-state index contributed by atoms with van der Waals surface area (Å²) >= 11 is 1.57. The molecule has 26 heavy (non-hydrogen) atoms. The van der Waals surface area contributed by atoms with Gasteiger partial charge >= 0.3 is 5.69 Å². The molecule has 0 aliphatic carbocycles. The van der Waals surface area contributed by atoms with Gasteiger partial charge in [0.05, 0.1) is 18.1 Å². The summed E-state index contributed by atoms with van der Waals surface area (Å²) in [5.41, 5.74) is 1.65. The Hall–Kier alpha value is -2.19. The van der Waals surface area contributed by atoms with Crippen LogP contribution < -0.4 is 9.47 Å². The molecule has 2 rings (SSSR count). The molecule has 0 atom stereocenters. The average molecular weight is 372 g/mol. The molecule has 0 spiro atoms. The van der Waals surface area contributed by atoms with Gasteiger partial charge in [0.25, 0.3) is 0 Å². The lowest BCUT2D eigenvalue weighted by molar-refractivity contribution is 0.281. The normalized spacial score (nSPS) is 10.4. The zero-order valence-corrected chi connectivity index (χ0v) is 16.6. The van der Waals surface area contributed by atoms with E-state index in [1.807, 2.05) is 18.2 Å². The second-order valence-electron chi connectivity index (χ2n) is 6.19. The van der Waals surface area contributed by atoms with E-state index in [9.17, 15) is 0 Å². The number of unbranched alkanes of at least 4 members (excludes halogenated alkanes) is 2. The highest BCUT2D eigenvalue weighted by atomic mass is 32.2. The highest BCUT2D eigenvalue weighted by Crippen LogP contribution is 2.43. The van der Waals surface area contributed by atoms with Crippen LogP contribution in [0.25, 0.3) is 4.98 Å². The Kier molecular flexibility index (Phi) is 8.30. The van der Waals surface area contributed by atoms with E-state index in [-0.39, 0.29) is 0 Å². The van der Waals surface area contributed by atoms with Crippen molar-refractivity contribution in [2.24, 2.45) is 0 Å². The van der Waals surface area contributed by atoms with Crippen molar-refractivity contribution in [2.75, 3.05) is 13.2 Å². The molecule has 0 radical (unpaired) electrons. The van der Waals surface area contributed by atoms with Gasteiger partial charge < -0.3 is 9.47 Å². The molecule has 0 N–H and O–H groups in total. The summed E-state index contributed by atoms with van der Waals surface area (Å²) in [7, 11) is 0. The zero-order valence-electron chi connectivity index (χ0n) is 15.8. The third-order valence-electron chi connectivity index (χ3n) is 3.83. The summed E-state index contributed by atoms with van der Waals surface area (Å²) < 4.78 is 12.1. The molecule has 5 heteroatoms. The number of ether oxygens (including phenoxy) is 2. The standard InChI is InChI=1S/C21H27N2O2S/c1-4-6-11-24-19-13-16(3)14-20(25-12-7-5-2)21(19)26-18-10-8-9-17(15-18)23-22/h8-10,13-15H,4-7,11-12H2,1-3H3/q+1. The maximum absolute atomic E-state index is 9.03. The molecule has 2 aromatic carbocycles. The second-order valence-corrected chi connectivity index (χ2v) is 7.28. The highest BCUT2D eigenvalue weighted by molar-refractivity contribution is 7.99. The van der Waals surface area contributed by atoms with Gasteiger partial charge in [-0.2, -0.15) is 0 Å². The largest absolute Gasteiger partial charge is 0.492 e. The third-order valence-corrected chi connectivity index (χ3v) is 4.93. The lowest BCUT2D eigenvalue weighted by Crippen LogP contribution is -2.02. The molecular formula is C21H27N2O2S+. The minimum Gasteiger partial charge on any atom is -0.492 e. The van der Waals surface area contributed by atoms with Crippen molar-refractivity contribution in [3.05, 3.63) is 46.9 Å². The molecule has 0 amide bonds. The summed E-state index contributed by atoms with van der Waals surface area (Å²) in [6.07, 6.45) is 4.22. The van der Waals surface area contributed by atoms with Crippen molar-refractivity contribution < 1.29 is 9.47 Å². The Labute approximate surface area is 160 Å². The Morgan fingerprint density at radius 2 is 1.58 bits per heavy atom. The van der Waals surface area contributed by atoms with E-state index in [1.165, 1.54) is 0 Å². The minimum absolute atomic E-state index is 0.531. The van der Waals surface area contributed by atoms with Crippen LogP contribution in [-0.2, 0) is 0 Å². The first kappa shape index (κ1) is 20.1. The van der Waals surface area contributed by atoms with Crippen molar-refractivity contribution in [3.63, 3.8) is 0 Å². The first-order valence-electron chi connectivity index (χ1n) is 9.21. The fourth-order valence-corrected chi connectivity index (χ4v) is 3.40. The summed E-state index contributed by atoms with van der Waals surface area (Å²) in [5, 5.41) is 9.03. The van der Waals surface area contributed by atoms with E-state index in [4.69, 9.17) is 14.9 Å². The zero-order chi connectivity index (χ0) is 18.8. The van der Waals surface area contributed by atoms with Gasteiger partial charge in [-0.1, -0.05) is 44.5 Å². The molecule has 2 aromatic rings. The number of diazo groups is 1. The Morgan fingerprint density at radius 1 is 0.962 bits per heavy atom. The third kappa shape index (κ3) is 5.96. The van der Waals surface area contributed by atoms with E-state index in [0.717, 1.165) is 52.5 Å². The van der Waals surface area contributed by atoms with Crippen LogP contribution in [0, 0.1) is 12.3 Å². The van der Waals surface area contributed by atoms with Gasteiger partial charge in [0, 0.05) is 17.0 Å². The van der Waals surface area contributed by atoms with Crippen LogP contribution in [0.15, 0.2) is 46.2 Å². The molecule has 138 valence electrons. The van der Waals surface area contributed by atoms with Crippen molar-refractivity contribution in [2.45, 2.75) is 56.2 Å². The number of aryl methyl sites for hydroxylation is 1. The monoisotopic (exact) mass is 371 g/mol. The Bertz CT molecular complexity index is 725. The van der Waals surface area contributed by atoms with Crippen LogP contribution in [0.1, 0.15) is 45.1 Å². The van der Waals surface area contributed by atoms with Gasteiger partial charge in [-0.25, -0.2) is 0 Å². The summed E-state index contributed by atoms with van der Waals surface area (Å²) in [6, 6.07) is 11.6. The minimum atomic E-state index is 0.531. The molecule has 0 heterocycles. The van der Waals surface area contributed by atoms with E-state index in [2.05, 4.69) is 37.9 Å². The lowest BCUT2D eigenvalue weighted by atomic mass is 10.2. The quantitative estimate of drug-likeness (QED) is 0.333. The fraction of sp³-hybridized carbons (Fsp3) is 0.429.